The van der Waals surface area contributed by atoms with Crippen molar-refractivity contribution in [1.29, 1.82) is 0 Å². The lowest BCUT2D eigenvalue weighted by Crippen LogP contribution is -2.16. The average molecular weight is 296 g/mol. The summed E-state index contributed by atoms with van der Waals surface area (Å²) in [7, 11) is 0. The summed E-state index contributed by atoms with van der Waals surface area (Å²) >= 11 is 0. The minimum absolute atomic E-state index is 0.212. The zero-order chi connectivity index (χ0) is 15.3. The second-order valence-electron chi connectivity index (χ2n) is 5.47. The third kappa shape index (κ3) is 5.34. The van der Waals surface area contributed by atoms with Gasteiger partial charge in [0.25, 0.3) is 0 Å². The first-order chi connectivity index (χ1) is 9.96. The summed E-state index contributed by atoms with van der Waals surface area (Å²) in [6.45, 7) is 2.22. The van der Waals surface area contributed by atoms with E-state index >= 15 is 0 Å². The molecule has 0 heterocycles. The van der Waals surface area contributed by atoms with Gasteiger partial charge < -0.3 is 4.74 Å². The minimum atomic E-state index is -4.65. The fraction of sp³-hybridized carbons (Fsp3) is 0.529. The van der Waals surface area contributed by atoms with Crippen molar-refractivity contribution in [1.82, 2.24) is 0 Å². The molecule has 1 saturated carbocycles. The van der Waals surface area contributed by atoms with Gasteiger partial charge in [-0.3, -0.25) is 0 Å². The summed E-state index contributed by atoms with van der Waals surface area (Å²) in [5.74, 6) is 7.33. The van der Waals surface area contributed by atoms with E-state index in [1.165, 1.54) is 31.4 Å². The Bertz CT molecular complexity index is 500. The first-order valence-corrected chi connectivity index (χ1v) is 7.33. The van der Waals surface area contributed by atoms with E-state index in [0.29, 0.717) is 5.92 Å². The minimum Gasteiger partial charge on any atom is -0.406 e. The highest BCUT2D eigenvalue weighted by Gasteiger charge is 2.30. The summed E-state index contributed by atoms with van der Waals surface area (Å²) < 4.78 is 40.0. The molecule has 1 aromatic rings. The molecule has 1 aliphatic carbocycles. The highest BCUT2D eigenvalue weighted by Crippen LogP contribution is 2.30. The van der Waals surface area contributed by atoms with Gasteiger partial charge in [-0.25, -0.2) is 0 Å². The second-order valence-corrected chi connectivity index (χ2v) is 5.47. The molecule has 0 spiro atoms. The monoisotopic (exact) mass is 296 g/mol. The third-order valence-electron chi connectivity index (χ3n) is 3.93. The van der Waals surface area contributed by atoms with Crippen LogP contribution in [0.5, 0.6) is 5.75 Å². The van der Waals surface area contributed by atoms with E-state index in [1.807, 2.05) is 0 Å². The van der Waals surface area contributed by atoms with Crippen LogP contribution in [0.1, 0.15) is 44.6 Å². The van der Waals surface area contributed by atoms with Crippen LogP contribution in [0, 0.1) is 23.7 Å². The standard InChI is InChI=1S/C17H19F3O/c1-2-13-3-5-14(6-4-13)7-8-15-9-11-16(12-10-15)21-17(18,19)20/h9-14H,2-6H2,1H3. The molecule has 4 heteroatoms. The molecule has 0 amide bonds. The quantitative estimate of drug-likeness (QED) is 0.685. The zero-order valence-electron chi connectivity index (χ0n) is 12.0. The second kappa shape index (κ2) is 6.89. The summed E-state index contributed by atoms with van der Waals surface area (Å²) in [4.78, 5) is 0. The number of halogens is 3. The lowest BCUT2D eigenvalue weighted by atomic mass is 9.81. The van der Waals surface area contributed by atoms with Gasteiger partial charge in [-0.1, -0.05) is 25.2 Å². The van der Waals surface area contributed by atoms with Crippen molar-refractivity contribution >= 4 is 0 Å². The van der Waals surface area contributed by atoms with Crippen molar-refractivity contribution in [2.24, 2.45) is 11.8 Å². The van der Waals surface area contributed by atoms with Crippen LogP contribution in [0.25, 0.3) is 0 Å². The topological polar surface area (TPSA) is 9.23 Å². The number of hydrogen-bond acceptors (Lipinski definition) is 1. The van der Waals surface area contributed by atoms with Gasteiger partial charge in [0, 0.05) is 11.5 Å². The van der Waals surface area contributed by atoms with Crippen LogP contribution in [-0.2, 0) is 0 Å². The molecular weight excluding hydrogens is 277 g/mol. The summed E-state index contributed by atoms with van der Waals surface area (Å²) in [6.07, 6.45) is 1.30. The Kier molecular flexibility index (Phi) is 5.17. The van der Waals surface area contributed by atoms with Crippen molar-refractivity contribution in [3.63, 3.8) is 0 Å². The maximum absolute atomic E-state index is 12.0. The molecule has 1 nitrogen and oxygen atoms in total. The van der Waals surface area contributed by atoms with Gasteiger partial charge in [0.05, 0.1) is 0 Å². The van der Waals surface area contributed by atoms with E-state index in [-0.39, 0.29) is 5.75 Å². The fourth-order valence-corrected chi connectivity index (χ4v) is 2.64. The third-order valence-corrected chi connectivity index (χ3v) is 3.93. The molecule has 1 aromatic carbocycles. The summed E-state index contributed by atoms with van der Waals surface area (Å²) in [5, 5.41) is 0. The van der Waals surface area contributed by atoms with Crippen molar-refractivity contribution in [2.75, 3.05) is 0 Å². The Morgan fingerprint density at radius 1 is 1.10 bits per heavy atom. The van der Waals surface area contributed by atoms with Crippen LogP contribution < -0.4 is 4.74 Å². The van der Waals surface area contributed by atoms with Gasteiger partial charge >= 0.3 is 6.36 Å². The number of hydrogen-bond donors (Lipinski definition) is 0. The Balaban J connectivity index is 1.91. The molecule has 114 valence electrons. The zero-order valence-corrected chi connectivity index (χ0v) is 12.0. The normalized spacial score (nSPS) is 22.3. The molecule has 1 fully saturated rings. The molecule has 2 rings (SSSR count). The van der Waals surface area contributed by atoms with Gasteiger partial charge in [0.15, 0.2) is 0 Å². The van der Waals surface area contributed by atoms with Crippen molar-refractivity contribution in [3.05, 3.63) is 29.8 Å². The van der Waals surface area contributed by atoms with Crippen molar-refractivity contribution in [2.45, 2.75) is 45.4 Å². The van der Waals surface area contributed by atoms with E-state index < -0.39 is 6.36 Å². The van der Waals surface area contributed by atoms with Crippen LogP contribution in [0.2, 0.25) is 0 Å². The van der Waals surface area contributed by atoms with Crippen LogP contribution in [0.15, 0.2) is 24.3 Å². The van der Waals surface area contributed by atoms with E-state index in [9.17, 15) is 13.2 Å². The van der Waals surface area contributed by atoms with Crippen molar-refractivity contribution in [3.8, 4) is 17.6 Å². The summed E-state index contributed by atoms with van der Waals surface area (Å²) in [5.41, 5.74) is 0.724. The maximum atomic E-state index is 12.0. The number of ether oxygens (including phenoxy) is 1. The Labute approximate surface area is 123 Å². The van der Waals surface area contributed by atoms with E-state index in [1.54, 1.807) is 12.1 Å². The van der Waals surface area contributed by atoms with E-state index in [2.05, 4.69) is 23.5 Å². The van der Waals surface area contributed by atoms with Gasteiger partial charge in [-0.15, -0.1) is 13.2 Å². The molecular formula is C17H19F3O. The average Bonchev–Trinajstić information content (AvgIpc) is 2.45. The molecule has 0 radical (unpaired) electrons. The molecule has 1 aliphatic rings. The molecule has 0 bridgehead atoms. The Hall–Kier alpha value is -1.63. The van der Waals surface area contributed by atoms with Gasteiger partial charge in [0.1, 0.15) is 5.75 Å². The van der Waals surface area contributed by atoms with Gasteiger partial charge in [-0.2, -0.15) is 0 Å². The predicted octanol–water partition coefficient (Wildman–Crippen LogP) is 5.15. The maximum Gasteiger partial charge on any atom is 0.573 e. The van der Waals surface area contributed by atoms with Crippen LogP contribution in [0.4, 0.5) is 13.2 Å². The predicted molar refractivity (Wildman–Crippen MR) is 75.7 cm³/mol. The van der Waals surface area contributed by atoms with E-state index in [4.69, 9.17) is 0 Å². The SMILES string of the molecule is CCC1CCC(C#Cc2ccc(OC(F)(F)F)cc2)CC1. The lowest BCUT2D eigenvalue weighted by molar-refractivity contribution is -0.274. The molecule has 21 heavy (non-hydrogen) atoms. The smallest absolute Gasteiger partial charge is 0.406 e. The number of rotatable bonds is 2. The largest absolute Gasteiger partial charge is 0.573 e. The lowest BCUT2D eigenvalue weighted by Gasteiger charge is -2.24. The molecule has 0 N–H and O–H groups in total. The molecule has 0 aromatic heterocycles. The van der Waals surface area contributed by atoms with E-state index in [0.717, 1.165) is 24.3 Å². The van der Waals surface area contributed by atoms with Gasteiger partial charge in [0.2, 0.25) is 0 Å². The Morgan fingerprint density at radius 3 is 2.24 bits per heavy atom. The highest BCUT2D eigenvalue weighted by molar-refractivity contribution is 5.38. The number of benzene rings is 1. The first-order valence-electron chi connectivity index (χ1n) is 7.33. The molecule has 0 atom stereocenters. The Morgan fingerprint density at radius 2 is 1.71 bits per heavy atom. The number of alkyl halides is 3. The summed E-state index contributed by atoms with van der Waals surface area (Å²) in [6, 6.07) is 5.72. The highest BCUT2D eigenvalue weighted by atomic mass is 19.4. The molecule has 0 unspecified atom stereocenters. The van der Waals surface area contributed by atoms with Crippen LogP contribution in [0.3, 0.4) is 0 Å². The van der Waals surface area contributed by atoms with Crippen molar-refractivity contribution < 1.29 is 17.9 Å². The van der Waals surface area contributed by atoms with Gasteiger partial charge in [-0.05, 0) is 55.9 Å². The molecule has 0 aliphatic heterocycles. The van der Waals surface area contributed by atoms with Crippen LogP contribution >= 0.6 is 0 Å². The molecule has 0 saturated heterocycles. The fourth-order valence-electron chi connectivity index (χ4n) is 2.64. The first kappa shape index (κ1) is 15.8. The van der Waals surface area contributed by atoms with Crippen LogP contribution in [-0.4, -0.2) is 6.36 Å².